The van der Waals surface area contributed by atoms with Crippen LogP contribution in [0.15, 0.2) is 28.7 Å². The number of rotatable bonds is 3. The van der Waals surface area contributed by atoms with Crippen molar-refractivity contribution in [3.05, 3.63) is 34.3 Å². The maximum Gasteiger partial charge on any atom is 0.253 e. The highest BCUT2D eigenvalue weighted by Crippen LogP contribution is 2.26. The van der Waals surface area contributed by atoms with Crippen LogP contribution >= 0.6 is 15.9 Å². The molecule has 2 fully saturated rings. The van der Waals surface area contributed by atoms with Gasteiger partial charge in [-0.25, -0.2) is 0 Å². The van der Waals surface area contributed by atoms with Crippen LogP contribution in [0.2, 0.25) is 0 Å². The van der Waals surface area contributed by atoms with E-state index in [-0.39, 0.29) is 41.6 Å². The SMILES string of the molecule is CC(C)(C)N1CC(C(=O)NC2CCN(C(=O)c3cccc(Br)c3)CC2)CC1=O. The van der Waals surface area contributed by atoms with E-state index in [0.717, 1.165) is 17.3 Å². The summed E-state index contributed by atoms with van der Waals surface area (Å²) in [6, 6.07) is 7.45. The molecule has 1 aromatic carbocycles. The summed E-state index contributed by atoms with van der Waals surface area (Å²) in [5, 5.41) is 3.10. The van der Waals surface area contributed by atoms with Crippen molar-refractivity contribution in [2.45, 2.75) is 51.6 Å². The molecule has 0 radical (unpaired) electrons. The van der Waals surface area contributed by atoms with E-state index in [2.05, 4.69) is 21.2 Å². The molecule has 2 aliphatic rings. The lowest BCUT2D eigenvalue weighted by Gasteiger charge is -2.33. The molecule has 1 aromatic rings. The van der Waals surface area contributed by atoms with Crippen molar-refractivity contribution in [2.24, 2.45) is 5.92 Å². The standard InChI is InChI=1S/C21H28BrN3O3/c1-21(2,3)25-13-15(12-18(25)26)19(27)23-17-7-9-24(10-8-17)20(28)14-5-4-6-16(22)11-14/h4-6,11,15,17H,7-10,12-13H2,1-3H3,(H,23,27). The highest BCUT2D eigenvalue weighted by molar-refractivity contribution is 9.10. The second kappa shape index (κ2) is 8.23. The Bertz CT molecular complexity index is 766. The third kappa shape index (κ3) is 4.74. The quantitative estimate of drug-likeness (QED) is 0.770. The van der Waals surface area contributed by atoms with Crippen LogP contribution in [0.25, 0.3) is 0 Å². The van der Waals surface area contributed by atoms with Crippen molar-refractivity contribution in [2.75, 3.05) is 19.6 Å². The number of likely N-dealkylation sites (tertiary alicyclic amines) is 2. The van der Waals surface area contributed by atoms with Gasteiger partial charge in [-0.1, -0.05) is 22.0 Å². The normalized spacial score (nSPS) is 21.1. The summed E-state index contributed by atoms with van der Waals surface area (Å²) >= 11 is 3.40. The van der Waals surface area contributed by atoms with Gasteiger partial charge in [0.25, 0.3) is 5.91 Å². The van der Waals surface area contributed by atoms with Gasteiger partial charge in [0, 0.05) is 47.7 Å². The van der Waals surface area contributed by atoms with Gasteiger partial charge in [-0.05, 0) is 51.8 Å². The monoisotopic (exact) mass is 449 g/mol. The van der Waals surface area contributed by atoms with E-state index in [0.29, 0.717) is 25.2 Å². The van der Waals surface area contributed by atoms with E-state index in [9.17, 15) is 14.4 Å². The van der Waals surface area contributed by atoms with E-state index in [1.54, 1.807) is 4.90 Å². The van der Waals surface area contributed by atoms with Gasteiger partial charge in [0.1, 0.15) is 0 Å². The summed E-state index contributed by atoms with van der Waals surface area (Å²) in [4.78, 5) is 41.1. The molecule has 6 nitrogen and oxygen atoms in total. The molecule has 0 aromatic heterocycles. The van der Waals surface area contributed by atoms with Crippen molar-refractivity contribution in [3.8, 4) is 0 Å². The van der Waals surface area contributed by atoms with Crippen LogP contribution in [0, 0.1) is 5.92 Å². The number of hydrogen-bond donors (Lipinski definition) is 1. The Morgan fingerprint density at radius 3 is 2.43 bits per heavy atom. The van der Waals surface area contributed by atoms with Crippen LogP contribution in [-0.2, 0) is 9.59 Å². The molecule has 3 amide bonds. The fourth-order valence-corrected chi connectivity index (χ4v) is 4.28. The van der Waals surface area contributed by atoms with E-state index in [1.807, 2.05) is 49.9 Å². The second-order valence-electron chi connectivity index (χ2n) is 8.66. The van der Waals surface area contributed by atoms with Crippen LogP contribution < -0.4 is 5.32 Å². The Labute approximate surface area is 174 Å². The first-order valence-electron chi connectivity index (χ1n) is 9.81. The number of hydrogen-bond acceptors (Lipinski definition) is 3. The van der Waals surface area contributed by atoms with Crippen LogP contribution in [0.1, 0.15) is 50.4 Å². The zero-order valence-corrected chi connectivity index (χ0v) is 18.3. The second-order valence-corrected chi connectivity index (χ2v) is 9.58. The maximum absolute atomic E-state index is 12.6. The van der Waals surface area contributed by atoms with Crippen molar-refractivity contribution < 1.29 is 14.4 Å². The summed E-state index contributed by atoms with van der Waals surface area (Å²) in [5.41, 5.74) is 0.410. The average Bonchev–Trinajstić information content (AvgIpc) is 3.04. The Hall–Kier alpha value is -1.89. The molecule has 1 atom stereocenters. The summed E-state index contributed by atoms with van der Waals surface area (Å²) in [6.07, 6.45) is 1.74. The lowest BCUT2D eigenvalue weighted by molar-refractivity contribution is -0.132. The molecule has 0 bridgehead atoms. The smallest absolute Gasteiger partial charge is 0.253 e. The Kier molecular flexibility index (Phi) is 6.12. The van der Waals surface area contributed by atoms with E-state index < -0.39 is 0 Å². The molecular weight excluding hydrogens is 422 g/mol. The van der Waals surface area contributed by atoms with Crippen molar-refractivity contribution in [1.82, 2.24) is 15.1 Å². The van der Waals surface area contributed by atoms with E-state index in [1.165, 1.54) is 0 Å². The van der Waals surface area contributed by atoms with Crippen molar-refractivity contribution in [3.63, 3.8) is 0 Å². The molecule has 1 unspecified atom stereocenters. The third-order valence-corrected chi connectivity index (χ3v) is 6.00. The van der Waals surface area contributed by atoms with Gasteiger partial charge in [-0.3, -0.25) is 14.4 Å². The minimum atomic E-state index is -0.284. The van der Waals surface area contributed by atoms with Crippen LogP contribution in [0.3, 0.4) is 0 Å². The molecular formula is C21H28BrN3O3. The zero-order valence-electron chi connectivity index (χ0n) is 16.7. The number of piperidine rings is 1. The summed E-state index contributed by atoms with van der Waals surface area (Å²) in [7, 11) is 0. The average molecular weight is 450 g/mol. The molecule has 2 saturated heterocycles. The first-order chi connectivity index (χ1) is 13.1. The van der Waals surface area contributed by atoms with Crippen molar-refractivity contribution >= 4 is 33.7 Å². The fraction of sp³-hybridized carbons (Fsp3) is 0.571. The summed E-state index contributed by atoms with van der Waals surface area (Å²) < 4.78 is 0.885. The highest BCUT2D eigenvalue weighted by atomic mass is 79.9. The third-order valence-electron chi connectivity index (χ3n) is 5.51. The number of carbonyl (C=O) groups is 3. The van der Waals surface area contributed by atoms with Gasteiger partial charge in [-0.15, -0.1) is 0 Å². The predicted octanol–water partition coefficient (Wildman–Crippen LogP) is 2.82. The molecule has 2 aliphatic heterocycles. The number of nitrogens with one attached hydrogen (secondary N) is 1. The molecule has 0 spiro atoms. The topological polar surface area (TPSA) is 69.7 Å². The minimum absolute atomic E-state index is 0.0216. The van der Waals surface area contributed by atoms with E-state index in [4.69, 9.17) is 0 Å². The summed E-state index contributed by atoms with van der Waals surface area (Å²) in [6.45, 7) is 7.69. The van der Waals surface area contributed by atoms with Crippen LogP contribution in [0.4, 0.5) is 0 Å². The first-order valence-corrected chi connectivity index (χ1v) is 10.6. The highest BCUT2D eigenvalue weighted by Gasteiger charge is 2.40. The maximum atomic E-state index is 12.6. The number of amides is 3. The molecule has 152 valence electrons. The lowest BCUT2D eigenvalue weighted by Crippen LogP contribution is -2.48. The summed E-state index contributed by atoms with van der Waals surface area (Å²) in [5.74, 6) is -0.264. The van der Waals surface area contributed by atoms with Gasteiger partial charge in [0.2, 0.25) is 11.8 Å². The molecule has 3 rings (SSSR count). The Morgan fingerprint density at radius 2 is 1.86 bits per heavy atom. The van der Waals surface area contributed by atoms with Gasteiger partial charge in [0.05, 0.1) is 5.92 Å². The predicted molar refractivity (Wildman–Crippen MR) is 111 cm³/mol. The van der Waals surface area contributed by atoms with Gasteiger partial charge >= 0.3 is 0 Å². The van der Waals surface area contributed by atoms with E-state index >= 15 is 0 Å². The number of halogens is 1. The van der Waals surface area contributed by atoms with Crippen LogP contribution in [0.5, 0.6) is 0 Å². The molecule has 0 saturated carbocycles. The lowest BCUT2D eigenvalue weighted by atomic mass is 10.0. The molecule has 1 N–H and O–H groups in total. The minimum Gasteiger partial charge on any atom is -0.353 e. The number of nitrogens with zero attached hydrogens (tertiary/aromatic N) is 2. The molecule has 28 heavy (non-hydrogen) atoms. The van der Waals surface area contributed by atoms with Gasteiger partial charge < -0.3 is 15.1 Å². The van der Waals surface area contributed by atoms with Crippen molar-refractivity contribution in [1.29, 1.82) is 0 Å². The molecule has 2 heterocycles. The largest absolute Gasteiger partial charge is 0.353 e. The first kappa shape index (κ1) is 20.8. The number of benzene rings is 1. The number of carbonyl (C=O) groups excluding carboxylic acids is 3. The fourth-order valence-electron chi connectivity index (χ4n) is 3.88. The Morgan fingerprint density at radius 1 is 1.18 bits per heavy atom. The van der Waals surface area contributed by atoms with Gasteiger partial charge in [-0.2, -0.15) is 0 Å². The molecule has 7 heteroatoms. The molecule has 0 aliphatic carbocycles. The van der Waals surface area contributed by atoms with Crippen LogP contribution in [-0.4, -0.2) is 58.7 Å². The Balaban J connectivity index is 1.50. The zero-order chi connectivity index (χ0) is 20.5. The van der Waals surface area contributed by atoms with Gasteiger partial charge in [0.15, 0.2) is 0 Å².